The Morgan fingerprint density at radius 2 is 2.00 bits per heavy atom. The first-order chi connectivity index (χ1) is 8.44. The molecule has 102 valence electrons. The summed E-state index contributed by atoms with van der Waals surface area (Å²) in [5.41, 5.74) is 0.894. The van der Waals surface area contributed by atoms with Gasteiger partial charge in [0.25, 0.3) is 0 Å². The molecule has 1 unspecified atom stereocenters. The Bertz CT molecular complexity index is 471. The molecule has 0 radical (unpaired) electrons. The highest BCUT2D eigenvalue weighted by molar-refractivity contribution is 7.91. The number of hydrogen-bond donors (Lipinski definition) is 1. The Labute approximate surface area is 114 Å². The van der Waals surface area contributed by atoms with Crippen LogP contribution in [0.25, 0.3) is 0 Å². The second-order valence-corrected chi connectivity index (χ2v) is 7.21. The Balaban J connectivity index is 2.39. The second kappa shape index (κ2) is 7.12. The van der Waals surface area contributed by atoms with E-state index in [1.54, 1.807) is 13.0 Å². The highest BCUT2D eigenvalue weighted by Crippen LogP contribution is 2.18. The highest BCUT2D eigenvalue weighted by Gasteiger charge is 2.11. The Morgan fingerprint density at radius 1 is 1.33 bits per heavy atom. The number of halogens is 1. The van der Waals surface area contributed by atoms with Crippen molar-refractivity contribution in [1.82, 2.24) is 0 Å². The molecular formula is C13H19ClO3S. The maximum atomic E-state index is 11.3. The van der Waals surface area contributed by atoms with Gasteiger partial charge in [0, 0.05) is 10.8 Å². The summed E-state index contributed by atoms with van der Waals surface area (Å²) < 4.78 is 22.6. The molecule has 0 fully saturated rings. The zero-order valence-corrected chi connectivity index (χ0v) is 12.0. The standard InChI is InChI=1S/C13H19ClO3S/c1-2-18(16,17)9-5-7-12(15)10-11-6-3-4-8-13(11)14/h3-4,6,8,12,15H,2,5,7,9-10H2,1H3. The van der Waals surface area contributed by atoms with Gasteiger partial charge in [-0.3, -0.25) is 0 Å². The number of aliphatic hydroxyl groups is 1. The molecule has 0 amide bonds. The molecule has 0 heterocycles. The Kier molecular flexibility index (Phi) is 6.12. The SMILES string of the molecule is CCS(=O)(=O)CCCC(O)Cc1ccccc1Cl. The van der Waals surface area contributed by atoms with Crippen LogP contribution in [-0.4, -0.2) is 31.1 Å². The predicted octanol–water partition coefficient (Wildman–Crippen LogP) is 2.46. The van der Waals surface area contributed by atoms with E-state index in [1.807, 2.05) is 18.2 Å². The first-order valence-electron chi connectivity index (χ1n) is 6.06. The lowest BCUT2D eigenvalue weighted by Gasteiger charge is -2.11. The average Bonchev–Trinajstić information content (AvgIpc) is 2.32. The first-order valence-corrected chi connectivity index (χ1v) is 8.26. The zero-order valence-electron chi connectivity index (χ0n) is 10.5. The minimum atomic E-state index is -2.93. The van der Waals surface area contributed by atoms with Crippen molar-refractivity contribution >= 4 is 21.4 Å². The number of benzene rings is 1. The van der Waals surface area contributed by atoms with Crippen LogP contribution in [0.2, 0.25) is 5.02 Å². The van der Waals surface area contributed by atoms with Crippen LogP contribution in [0.3, 0.4) is 0 Å². The van der Waals surface area contributed by atoms with E-state index >= 15 is 0 Å². The van der Waals surface area contributed by atoms with Crippen LogP contribution in [-0.2, 0) is 16.3 Å². The molecule has 0 aromatic heterocycles. The third-order valence-electron chi connectivity index (χ3n) is 2.85. The van der Waals surface area contributed by atoms with E-state index in [1.165, 1.54) is 0 Å². The van der Waals surface area contributed by atoms with Crippen LogP contribution < -0.4 is 0 Å². The summed E-state index contributed by atoms with van der Waals surface area (Å²) in [4.78, 5) is 0. The maximum absolute atomic E-state index is 11.3. The van der Waals surface area contributed by atoms with Gasteiger partial charge in [-0.25, -0.2) is 8.42 Å². The van der Waals surface area contributed by atoms with Crippen molar-refractivity contribution in [3.8, 4) is 0 Å². The lowest BCUT2D eigenvalue weighted by molar-refractivity contribution is 0.164. The quantitative estimate of drug-likeness (QED) is 0.839. The van der Waals surface area contributed by atoms with E-state index in [4.69, 9.17) is 11.6 Å². The average molecular weight is 291 g/mol. The van der Waals surface area contributed by atoms with Crippen LogP contribution in [0.4, 0.5) is 0 Å². The van der Waals surface area contributed by atoms with Crippen LogP contribution in [0.5, 0.6) is 0 Å². The predicted molar refractivity (Wildman–Crippen MR) is 74.7 cm³/mol. The molecule has 1 aromatic carbocycles. The van der Waals surface area contributed by atoms with E-state index in [0.29, 0.717) is 24.3 Å². The third-order valence-corrected chi connectivity index (χ3v) is 5.00. The molecular weight excluding hydrogens is 272 g/mol. The van der Waals surface area contributed by atoms with Gasteiger partial charge in [0.1, 0.15) is 9.84 Å². The summed E-state index contributed by atoms with van der Waals surface area (Å²) in [7, 11) is -2.93. The monoisotopic (exact) mass is 290 g/mol. The van der Waals surface area contributed by atoms with Crippen molar-refractivity contribution in [2.45, 2.75) is 32.3 Å². The van der Waals surface area contributed by atoms with Gasteiger partial charge >= 0.3 is 0 Å². The Hall–Kier alpha value is -0.580. The van der Waals surface area contributed by atoms with Crippen molar-refractivity contribution < 1.29 is 13.5 Å². The van der Waals surface area contributed by atoms with E-state index in [2.05, 4.69) is 0 Å². The molecule has 1 aromatic rings. The molecule has 1 rings (SSSR count). The molecule has 1 atom stereocenters. The molecule has 0 bridgehead atoms. The number of aliphatic hydroxyl groups excluding tert-OH is 1. The topological polar surface area (TPSA) is 54.4 Å². The van der Waals surface area contributed by atoms with Gasteiger partial charge in [-0.1, -0.05) is 36.7 Å². The summed E-state index contributed by atoms with van der Waals surface area (Å²) >= 11 is 5.99. The minimum Gasteiger partial charge on any atom is -0.393 e. The van der Waals surface area contributed by atoms with Gasteiger partial charge in [0.15, 0.2) is 0 Å². The summed E-state index contributed by atoms with van der Waals surface area (Å²) in [6.07, 6.45) is 0.884. The molecule has 0 aliphatic carbocycles. The van der Waals surface area contributed by atoms with Crippen molar-refractivity contribution in [3.63, 3.8) is 0 Å². The minimum absolute atomic E-state index is 0.142. The van der Waals surface area contributed by atoms with Crippen LogP contribution in [0, 0.1) is 0 Å². The summed E-state index contributed by atoms with van der Waals surface area (Å²) in [5, 5.41) is 10.5. The molecule has 3 nitrogen and oxygen atoms in total. The fourth-order valence-corrected chi connectivity index (χ4v) is 2.81. The molecule has 0 aliphatic heterocycles. The molecule has 18 heavy (non-hydrogen) atoms. The lowest BCUT2D eigenvalue weighted by atomic mass is 10.0. The van der Waals surface area contributed by atoms with E-state index in [9.17, 15) is 13.5 Å². The molecule has 0 saturated heterocycles. The molecule has 0 spiro atoms. The van der Waals surface area contributed by atoms with Gasteiger partial charge < -0.3 is 5.11 Å². The maximum Gasteiger partial charge on any atom is 0.150 e. The fourth-order valence-electron chi connectivity index (χ4n) is 1.70. The van der Waals surface area contributed by atoms with Crippen LogP contribution in [0.1, 0.15) is 25.3 Å². The fraction of sp³-hybridized carbons (Fsp3) is 0.538. The van der Waals surface area contributed by atoms with Gasteiger partial charge in [-0.05, 0) is 30.9 Å². The van der Waals surface area contributed by atoms with Gasteiger partial charge in [0.2, 0.25) is 0 Å². The third kappa shape index (κ3) is 5.38. The number of sulfone groups is 1. The highest BCUT2D eigenvalue weighted by atomic mass is 35.5. The van der Waals surface area contributed by atoms with Crippen molar-refractivity contribution in [2.24, 2.45) is 0 Å². The van der Waals surface area contributed by atoms with Crippen molar-refractivity contribution in [2.75, 3.05) is 11.5 Å². The molecule has 5 heteroatoms. The largest absolute Gasteiger partial charge is 0.393 e. The van der Waals surface area contributed by atoms with Crippen LogP contribution >= 0.6 is 11.6 Å². The van der Waals surface area contributed by atoms with E-state index in [0.717, 1.165) is 5.56 Å². The lowest BCUT2D eigenvalue weighted by Crippen LogP contribution is -2.15. The number of hydrogen-bond acceptors (Lipinski definition) is 3. The van der Waals surface area contributed by atoms with E-state index in [-0.39, 0.29) is 11.5 Å². The van der Waals surface area contributed by atoms with Crippen LogP contribution in [0.15, 0.2) is 24.3 Å². The second-order valence-electron chi connectivity index (χ2n) is 4.33. The first kappa shape index (κ1) is 15.5. The molecule has 1 N–H and O–H groups in total. The summed E-state index contributed by atoms with van der Waals surface area (Å²) in [6.45, 7) is 1.63. The van der Waals surface area contributed by atoms with Gasteiger partial charge in [0.05, 0.1) is 11.9 Å². The normalized spacial score (nSPS) is 13.5. The van der Waals surface area contributed by atoms with Gasteiger partial charge in [-0.15, -0.1) is 0 Å². The Morgan fingerprint density at radius 3 is 2.61 bits per heavy atom. The number of rotatable bonds is 7. The van der Waals surface area contributed by atoms with E-state index < -0.39 is 15.9 Å². The summed E-state index contributed by atoms with van der Waals surface area (Å²) in [6, 6.07) is 7.36. The van der Waals surface area contributed by atoms with Crippen molar-refractivity contribution in [1.29, 1.82) is 0 Å². The zero-order chi connectivity index (χ0) is 13.6. The smallest absolute Gasteiger partial charge is 0.150 e. The molecule has 0 aliphatic rings. The molecule has 0 saturated carbocycles. The van der Waals surface area contributed by atoms with Gasteiger partial charge in [-0.2, -0.15) is 0 Å². The van der Waals surface area contributed by atoms with Crippen molar-refractivity contribution in [3.05, 3.63) is 34.9 Å². The summed E-state index contributed by atoms with van der Waals surface area (Å²) in [5.74, 6) is 0.302.